The van der Waals surface area contributed by atoms with Gasteiger partial charge in [-0.05, 0) is 39.7 Å². The Labute approximate surface area is 93.3 Å². The quantitative estimate of drug-likeness (QED) is 0.879. The second-order valence-corrected chi connectivity index (χ2v) is 3.87. The first-order chi connectivity index (χ1) is 7.08. The number of carbonyl (C=O) groups is 1. The normalized spacial score (nSPS) is 12.9. The highest BCUT2D eigenvalue weighted by Gasteiger charge is 2.16. The number of fused-ring (bicyclic) bond motifs is 1. The lowest BCUT2D eigenvalue weighted by Gasteiger charge is -2.04. The first-order valence-electron chi connectivity index (χ1n) is 4.18. The van der Waals surface area contributed by atoms with Crippen LogP contribution in [0.5, 0.6) is 0 Å². The minimum Gasteiger partial charge on any atom is -0.479 e. The van der Waals surface area contributed by atoms with Gasteiger partial charge in [0.25, 0.3) is 0 Å². The smallest absolute Gasteiger partial charge is 0.337 e. The molecule has 0 amide bonds. The molecule has 5 heteroatoms. The van der Waals surface area contributed by atoms with E-state index in [9.17, 15) is 9.90 Å². The fourth-order valence-electron chi connectivity index (χ4n) is 1.34. The molecular formula is C10H7BrO4. The van der Waals surface area contributed by atoms with Crippen molar-refractivity contribution in [1.82, 2.24) is 0 Å². The first kappa shape index (κ1) is 10.2. The van der Waals surface area contributed by atoms with Gasteiger partial charge in [0.1, 0.15) is 5.58 Å². The molecule has 0 aliphatic heterocycles. The van der Waals surface area contributed by atoms with Gasteiger partial charge in [0.15, 0.2) is 10.8 Å². The number of halogens is 1. The van der Waals surface area contributed by atoms with Crippen molar-refractivity contribution in [3.63, 3.8) is 0 Å². The van der Waals surface area contributed by atoms with Crippen LogP contribution in [0, 0.1) is 0 Å². The van der Waals surface area contributed by atoms with Crippen LogP contribution in [0.4, 0.5) is 0 Å². The molecule has 2 N–H and O–H groups in total. The Morgan fingerprint density at radius 3 is 2.80 bits per heavy atom. The van der Waals surface area contributed by atoms with Crippen LogP contribution in [0.25, 0.3) is 11.0 Å². The summed E-state index contributed by atoms with van der Waals surface area (Å²) in [5.74, 6) is -1.27. The summed E-state index contributed by atoms with van der Waals surface area (Å²) >= 11 is 3.17. The van der Waals surface area contributed by atoms with Crippen molar-refractivity contribution in [2.45, 2.75) is 6.10 Å². The molecule has 0 radical (unpaired) electrons. The molecule has 15 heavy (non-hydrogen) atoms. The molecule has 0 bridgehead atoms. The third-order valence-corrected chi connectivity index (χ3v) is 2.45. The second-order valence-electron chi connectivity index (χ2n) is 3.09. The van der Waals surface area contributed by atoms with Crippen molar-refractivity contribution in [3.05, 3.63) is 34.5 Å². The molecule has 1 aromatic carbocycles. The van der Waals surface area contributed by atoms with Gasteiger partial charge in [-0.25, -0.2) is 4.79 Å². The van der Waals surface area contributed by atoms with Crippen LogP contribution < -0.4 is 0 Å². The van der Waals surface area contributed by atoms with E-state index in [1.807, 2.05) is 0 Å². The van der Waals surface area contributed by atoms with Crippen LogP contribution in [0.2, 0.25) is 0 Å². The predicted molar refractivity (Wildman–Crippen MR) is 56.5 cm³/mol. The van der Waals surface area contributed by atoms with Crippen molar-refractivity contribution in [2.75, 3.05) is 0 Å². The van der Waals surface area contributed by atoms with Crippen LogP contribution in [-0.2, 0) is 4.79 Å². The third-order valence-electron chi connectivity index (χ3n) is 2.06. The van der Waals surface area contributed by atoms with Gasteiger partial charge in [-0.2, -0.15) is 0 Å². The molecule has 1 heterocycles. The van der Waals surface area contributed by atoms with Crippen LogP contribution >= 0.6 is 15.9 Å². The Morgan fingerprint density at radius 1 is 1.40 bits per heavy atom. The summed E-state index contributed by atoms with van der Waals surface area (Å²) in [4.78, 5) is 10.6. The Balaban J connectivity index is 2.50. The molecule has 0 aliphatic rings. The van der Waals surface area contributed by atoms with Gasteiger partial charge in [-0.15, -0.1) is 0 Å². The number of carboxylic acids is 1. The van der Waals surface area contributed by atoms with E-state index in [4.69, 9.17) is 9.52 Å². The van der Waals surface area contributed by atoms with Crippen LogP contribution in [0.1, 0.15) is 11.7 Å². The van der Waals surface area contributed by atoms with Crippen molar-refractivity contribution in [2.24, 2.45) is 0 Å². The molecule has 1 aromatic heterocycles. The van der Waals surface area contributed by atoms with E-state index in [-0.39, 0.29) is 0 Å². The summed E-state index contributed by atoms with van der Waals surface area (Å²) in [5, 5.41) is 18.7. The molecule has 0 saturated carbocycles. The number of hydrogen-bond donors (Lipinski definition) is 2. The maximum atomic E-state index is 10.6. The number of aliphatic hydroxyl groups excluding tert-OH is 1. The molecule has 0 saturated heterocycles. The Bertz CT molecular complexity index is 517. The van der Waals surface area contributed by atoms with Crippen LogP contribution in [-0.4, -0.2) is 16.2 Å². The molecule has 0 aliphatic carbocycles. The standard InChI is InChI=1S/C10H7BrO4/c11-8-4-6-3-5(9(12)10(13)14)1-2-7(6)15-8/h1-4,9,12H,(H,13,14). The van der Waals surface area contributed by atoms with Gasteiger partial charge in [0.2, 0.25) is 0 Å². The molecule has 4 nitrogen and oxygen atoms in total. The van der Waals surface area contributed by atoms with Crippen molar-refractivity contribution in [1.29, 1.82) is 0 Å². The summed E-state index contributed by atoms with van der Waals surface area (Å²) in [5.41, 5.74) is 0.978. The van der Waals surface area contributed by atoms with E-state index in [2.05, 4.69) is 15.9 Å². The van der Waals surface area contributed by atoms with Gasteiger partial charge in [0, 0.05) is 5.39 Å². The van der Waals surface area contributed by atoms with E-state index in [1.54, 1.807) is 18.2 Å². The summed E-state index contributed by atoms with van der Waals surface area (Å²) in [6, 6.07) is 6.45. The van der Waals surface area contributed by atoms with E-state index in [0.717, 1.165) is 5.39 Å². The highest BCUT2D eigenvalue weighted by Crippen LogP contribution is 2.26. The van der Waals surface area contributed by atoms with E-state index in [1.165, 1.54) is 6.07 Å². The molecule has 1 atom stereocenters. The molecule has 0 fully saturated rings. The number of aliphatic hydroxyl groups is 1. The van der Waals surface area contributed by atoms with Crippen LogP contribution in [0.15, 0.2) is 33.4 Å². The lowest BCUT2D eigenvalue weighted by atomic mass is 10.1. The van der Waals surface area contributed by atoms with E-state index < -0.39 is 12.1 Å². The largest absolute Gasteiger partial charge is 0.479 e. The summed E-state index contributed by atoms with van der Waals surface area (Å²) in [6.45, 7) is 0. The number of benzene rings is 1. The fraction of sp³-hybridized carbons (Fsp3) is 0.100. The molecular weight excluding hydrogens is 264 g/mol. The summed E-state index contributed by atoms with van der Waals surface area (Å²) < 4.78 is 5.82. The molecule has 0 spiro atoms. The van der Waals surface area contributed by atoms with Gasteiger partial charge in [-0.3, -0.25) is 0 Å². The molecule has 78 valence electrons. The minimum absolute atomic E-state index is 0.336. The van der Waals surface area contributed by atoms with Gasteiger partial charge in [0.05, 0.1) is 0 Å². The molecule has 2 aromatic rings. The number of hydrogen-bond acceptors (Lipinski definition) is 3. The van der Waals surface area contributed by atoms with Gasteiger partial charge < -0.3 is 14.6 Å². The van der Waals surface area contributed by atoms with E-state index >= 15 is 0 Å². The average molecular weight is 271 g/mol. The molecule has 1 unspecified atom stereocenters. The SMILES string of the molecule is O=C(O)C(O)c1ccc2oc(Br)cc2c1. The maximum absolute atomic E-state index is 10.6. The number of carboxylic acid groups (broad SMARTS) is 1. The number of aliphatic carboxylic acids is 1. The second kappa shape index (κ2) is 3.67. The fourth-order valence-corrected chi connectivity index (χ4v) is 1.76. The Kier molecular flexibility index (Phi) is 2.50. The topological polar surface area (TPSA) is 70.7 Å². The van der Waals surface area contributed by atoms with E-state index in [0.29, 0.717) is 15.8 Å². The zero-order valence-electron chi connectivity index (χ0n) is 7.48. The minimum atomic E-state index is -1.50. The highest BCUT2D eigenvalue weighted by atomic mass is 79.9. The predicted octanol–water partition coefficient (Wildman–Crippen LogP) is 2.31. The Hall–Kier alpha value is -1.33. The third kappa shape index (κ3) is 1.88. The van der Waals surface area contributed by atoms with Crippen molar-refractivity contribution >= 4 is 32.9 Å². The monoisotopic (exact) mass is 270 g/mol. The lowest BCUT2D eigenvalue weighted by molar-refractivity contribution is -0.146. The van der Waals surface area contributed by atoms with Gasteiger partial charge in [-0.1, -0.05) is 6.07 Å². The summed E-state index contributed by atoms with van der Waals surface area (Å²) in [7, 11) is 0. The summed E-state index contributed by atoms with van der Waals surface area (Å²) in [6.07, 6.45) is -1.50. The number of rotatable bonds is 2. The Morgan fingerprint density at radius 2 is 2.13 bits per heavy atom. The first-order valence-corrected chi connectivity index (χ1v) is 4.97. The zero-order valence-corrected chi connectivity index (χ0v) is 9.06. The van der Waals surface area contributed by atoms with Crippen LogP contribution in [0.3, 0.4) is 0 Å². The number of furan rings is 1. The lowest BCUT2D eigenvalue weighted by Crippen LogP contribution is -2.09. The average Bonchev–Trinajstić information content (AvgIpc) is 2.55. The van der Waals surface area contributed by atoms with Gasteiger partial charge >= 0.3 is 5.97 Å². The van der Waals surface area contributed by atoms with Crippen molar-refractivity contribution < 1.29 is 19.4 Å². The van der Waals surface area contributed by atoms with Crippen molar-refractivity contribution in [3.8, 4) is 0 Å². The maximum Gasteiger partial charge on any atom is 0.337 e. The highest BCUT2D eigenvalue weighted by molar-refractivity contribution is 9.10. The zero-order chi connectivity index (χ0) is 11.0. The molecule has 2 rings (SSSR count).